The number of rotatable bonds is 4. The predicted octanol–water partition coefficient (Wildman–Crippen LogP) is 2.66. The van der Waals surface area contributed by atoms with Gasteiger partial charge in [-0.05, 0) is 19.9 Å². The summed E-state index contributed by atoms with van der Waals surface area (Å²) >= 11 is 6.17. The van der Waals surface area contributed by atoms with E-state index in [0.29, 0.717) is 5.02 Å². The summed E-state index contributed by atoms with van der Waals surface area (Å²) in [6, 6.07) is 6.81. The molecule has 0 bridgehead atoms. The van der Waals surface area contributed by atoms with E-state index in [2.05, 4.69) is 10.3 Å². The molecule has 106 valence electrons. The summed E-state index contributed by atoms with van der Waals surface area (Å²) in [7, 11) is 0. The third kappa shape index (κ3) is 2.63. The highest BCUT2D eigenvalue weighted by Crippen LogP contribution is 2.27. The Morgan fingerprint density at radius 1 is 1.30 bits per heavy atom. The van der Waals surface area contributed by atoms with Crippen molar-refractivity contribution >= 4 is 34.4 Å². The fourth-order valence-electron chi connectivity index (χ4n) is 1.88. The van der Waals surface area contributed by atoms with E-state index in [4.69, 9.17) is 16.7 Å². The molecule has 0 spiro atoms. The van der Waals surface area contributed by atoms with E-state index >= 15 is 0 Å². The van der Waals surface area contributed by atoms with Crippen molar-refractivity contribution in [2.45, 2.75) is 19.9 Å². The molecule has 2 aromatic rings. The number of aliphatic carboxylic acids is 1. The molecule has 0 saturated carbocycles. The second kappa shape index (κ2) is 5.54. The molecule has 0 aliphatic heterocycles. The number of hydrogen-bond acceptors (Lipinski definition) is 2. The standard InChI is InChI=1S/C14H15ClN2O3/c1-7(14(19)20)8(2)16-13(18)12-11(15)9-5-3-4-6-10(9)17-12/h3-8,17H,1-2H3,(H,16,18)(H,19,20). The van der Waals surface area contributed by atoms with Crippen LogP contribution in [0.1, 0.15) is 24.3 Å². The number of hydrogen-bond donors (Lipinski definition) is 3. The second-order valence-electron chi connectivity index (χ2n) is 4.75. The summed E-state index contributed by atoms with van der Waals surface area (Å²) in [4.78, 5) is 26.0. The van der Waals surface area contributed by atoms with Gasteiger partial charge in [-0.2, -0.15) is 0 Å². The Bertz CT molecular complexity index is 665. The zero-order valence-electron chi connectivity index (χ0n) is 11.1. The normalized spacial score (nSPS) is 13.9. The molecular formula is C14H15ClN2O3. The molecule has 0 radical (unpaired) electrons. The summed E-state index contributed by atoms with van der Waals surface area (Å²) in [5, 5.41) is 12.7. The fraction of sp³-hybridized carbons (Fsp3) is 0.286. The van der Waals surface area contributed by atoms with Gasteiger partial charge in [0.25, 0.3) is 5.91 Å². The van der Waals surface area contributed by atoms with Crippen LogP contribution in [0.3, 0.4) is 0 Å². The maximum absolute atomic E-state index is 12.2. The lowest BCUT2D eigenvalue weighted by Crippen LogP contribution is -2.40. The highest BCUT2D eigenvalue weighted by molar-refractivity contribution is 6.38. The largest absolute Gasteiger partial charge is 0.481 e. The van der Waals surface area contributed by atoms with E-state index in [9.17, 15) is 9.59 Å². The highest BCUT2D eigenvalue weighted by Gasteiger charge is 2.23. The maximum Gasteiger partial charge on any atom is 0.308 e. The molecule has 0 fully saturated rings. The maximum atomic E-state index is 12.2. The molecule has 1 aromatic carbocycles. The smallest absolute Gasteiger partial charge is 0.308 e. The van der Waals surface area contributed by atoms with Crippen LogP contribution in [0.4, 0.5) is 0 Å². The first-order valence-corrected chi connectivity index (χ1v) is 6.59. The van der Waals surface area contributed by atoms with Gasteiger partial charge in [0.05, 0.1) is 10.9 Å². The molecule has 2 unspecified atom stereocenters. The van der Waals surface area contributed by atoms with Gasteiger partial charge in [0.15, 0.2) is 0 Å². The molecule has 5 nitrogen and oxygen atoms in total. The van der Waals surface area contributed by atoms with Gasteiger partial charge in [-0.25, -0.2) is 0 Å². The van der Waals surface area contributed by atoms with Crippen molar-refractivity contribution < 1.29 is 14.7 Å². The lowest BCUT2D eigenvalue weighted by molar-refractivity contribution is -0.141. The van der Waals surface area contributed by atoms with Gasteiger partial charge in [0.1, 0.15) is 5.69 Å². The quantitative estimate of drug-likeness (QED) is 0.811. The number of carbonyl (C=O) groups excluding carboxylic acids is 1. The molecule has 1 aromatic heterocycles. The van der Waals surface area contributed by atoms with Gasteiger partial charge in [0.2, 0.25) is 0 Å². The zero-order chi connectivity index (χ0) is 14.9. The van der Waals surface area contributed by atoms with Crippen LogP contribution in [0.5, 0.6) is 0 Å². The summed E-state index contributed by atoms with van der Waals surface area (Å²) < 4.78 is 0. The molecule has 0 aliphatic rings. The van der Waals surface area contributed by atoms with E-state index in [0.717, 1.165) is 10.9 Å². The number of aromatic nitrogens is 1. The zero-order valence-corrected chi connectivity index (χ0v) is 11.9. The molecule has 3 N–H and O–H groups in total. The van der Waals surface area contributed by atoms with Gasteiger partial charge in [-0.1, -0.05) is 29.8 Å². The molecule has 0 aliphatic carbocycles. The minimum atomic E-state index is -0.958. The predicted molar refractivity (Wildman–Crippen MR) is 77.0 cm³/mol. The van der Waals surface area contributed by atoms with E-state index < -0.39 is 23.8 Å². The summed E-state index contributed by atoms with van der Waals surface area (Å²) in [5.74, 6) is -2.05. The molecule has 1 heterocycles. The molecule has 1 amide bonds. The van der Waals surface area contributed by atoms with Gasteiger partial charge in [-0.15, -0.1) is 0 Å². The monoisotopic (exact) mass is 294 g/mol. The Hall–Kier alpha value is -2.01. The summed E-state index contributed by atoms with van der Waals surface area (Å²) in [6.45, 7) is 3.19. The minimum Gasteiger partial charge on any atom is -0.481 e. The molecule has 20 heavy (non-hydrogen) atoms. The van der Waals surface area contributed by atoms with E-state index in [1.807, 2.05) is 24.3 Å². The van der Waals surface area contributed by atoms with Gasteiger partial charge >= 0.3 is 5.97 Å². The minimum absolute atomic E-state index is 0.248. The molecule has 6 heteroatoms. The van der Waals surface area contributed by atoms with Crippen LogP contribution < -0.4 is 5.32 Å². The number of halogens is 1. The van der Waals surface area contributed by atoms with Crippen LogP contribution in [-0.2, 0) is 4.79 Å². The Kier molecular flexibility index (Phi) is 3.99. The number of amides is 1. The van der Waals surface area contributed by atoms with Crippen LogP contribution in [0, 0.1) is 5.92 Å². The third-order valence-corrected chi connectivity index (χ3v) is 3.76. The number of carboxylic acids is 1. The first-order chi connectivity index (χ1) is 9.41. The van der Waals surface area contributed by atoms with Crippen molar-refractivity contribution in [3.8, 4) is 0 Å². The number of fused-ring (bicyclic) bond motifs is 1. The highest BCUT2D eigenvalue weighted by atomic mass is 35.5. The Morgan fingerprint density at radius 2 is 1.95 bits per heavy atom. The van der Waals surface area contributed by atoms with Gasteiger partial charge < -0.3 is 15.4 Å². The topological polar surface area (TPSA) is 82.2 Å². The fourth-order valence-corrected chi connectivity index (χ4v) is 2.18. The van der Waals surface area contributed by atoms with E-state index in [-0.39, 0.29) is 5.69 Å². The molecule has 0 saturated heterocycles. The van der Waals surface area contributed by atoms with Crippen LogP contribution >= 0.6 is 11.6 Å². The van der Waals surface area contributed by atoms with E-state index in [1.54, 1.807) is 13.8 Å². The van der Waals surface area contributed by atoms with Gasteiger partial charge in [-0.3, -0.25) is 9.59 Å². The van der Waals surface area contributed by atoms with Crippen molar-refractivity contribution in [1.29, 1.82) is 0 Å². The Balaban J connectivity index is 2.24. The number of para-hydroxylation sites is 1. The second-order valence-corrected chi connectivity index (χ2v) is 5.13. The number of H-pyrrole nitrogens is 1. The molecule has 2 rings (SSSR count). The number of carboxylic acid groups (broad SMARTS) is 1. The van der Waals surface area contributed by atoms with E-state index in [1.165, 1.54) is 0 Å². The van der Waals surface area contributed by atoms with Crippen LogP contribution in [0.25, 0.3) is 10.9 Å². The number of aromatic amines is 1. The first kappa shape index (κ1) is 14.4. The van der Waals surface area contributed by atoms with Crippen LogP contribution in [0.2, 0.25) is 5.02 Å². The summed E-state index contributed by atoms with van der Waals surface area (Å²) in [5.41, 5.74) is 1.01. The average molecular weight is 295 g/mol. The van der Waals surface area contributed by atoms with Crippen LogP contribution in [-0.4, -0.2) is 28.0 Å². The van der Waals surface area contributed by atoms with Gasteiger partial charge in [0, 0.05) is 16.9 Å². The third-order valence-electron chi connectivity index (χ3n) is 3.37. The summed E-state index contributed by atoms with van der Waals surface area (Å²) in [6.07, 6.45) is 0. The lowest BCUT2D eigenvalue weighted by atomic mass is 10.0. The molecular weight excluding hydrogens is 280 g/mol. The van der Waals surface area contributed by atoms with Crippen molar-refractivity contribution in [2.24, 2.45) is 5.92 Å². The van der Waals surface area contributed by atoms with Crippen molar-refractivity contribution in [2.75, 3.05) is 0 Å². The average Bonchev–Trinajstić information content (AvgIpc) is 2.75. The Morgan fingerprint density at radius 3 is 2.55 bits per heavy atom. The van der Waals surface area contributed by atoms with Crippen LogP contribution in [0.15, 0.2) is 24.3 Å². The number of nitrogens with one attached hydrogen (secondary N) is 2. The van der Waals surface area contributed by atoms with Crippen molar-refractivity contribution in [3.63, 3.8) is 0 Å². The first-order valence-electron chi connectivity index (χ1n) is 6.21. The number of benzene rings is 1. The lowest BCUT2D eigenvalue weighted by Gasteiger charge is -2.17. The molecule has 2 atom stereocenters. The number of carbonyl (C=O) groups is 2. The van der Waals surface area contributed by atoms with Crippen molar-refractivity contribution in [1.82, 2.24) is 10.3 Å². The SMILES string of the molecule is CC(NC(=O)c1[nH]c2ccccc2c1Cl)C(C)C(=O)O. The Labute approximate surface area is 120 Å². The van der Waals surface area contributed by atoms with Crippen molar-refractivity contribution in [3.05, 3.63) is 35.0 Å².